The van der Waals surface area contributed by atoms with Crippen molar-refractivity contribution in [2.75, 3.05) is 32.7 Å². The average molecular weight is 345 g/mol. The number of benzene rings is 1. The Morgan fingerprint density at radius 1 is 1.08 bits per heavy atom. The monoisotopic (exact) mass is 345 g/mol. The first kappa shape index (κ1) is 18.4. The van der Waals surface area contributed by atoms with Gasteiger partial charge in [-0.3, -0.25) is 14.6 Å². The van der Waals surface area contributed by atoms with Gasteiger partial charge in [0, 0.05) is 38.8 Å². The van der Waals surface area contributed by atoms with E-state index >= 15 is 0 Å². The molecule has 1 aromatic carbocycles. The molecular weight excluding hydrogens is 314 g/mol. The number of carbonyl (C=O) groups excluding carboxylic acids is 1. The molecule has 0 aliphatic carbocycles. The predicted molar refractivity (Wildman–Crippen MR) is 99.3 cm³/mol. The Labute approximate surface area is 151 Å². The first-order chi connectivity index (χ1) is 12.1. The molecule has 0 spiro atoms. The number of nitrogens with one attached hydrogen (secondary N) is 1. The van der Waals surface area contributed by atoms with Crippen molar-refractivity contribution >= 4 is 5.91 Å². The van der Waals surface area contributed by atoms with Gasteiger partial charge in [0.2, 0.25) is 5.91 Å². The van der Waals surface area contributed by atoms with Crippen LogP contribution >= 0.6 is 0 Å². The molecule has 2 heterocycles. The Balaban J connectivity index is 1.37. The smallest absolute Gasteiger partial charge is 0.234 e. The summed E-state index contributed by atoms with van der Waals surface area (Å²) < 4.78 is 5.73. The normalized spacial score (nSPS) is 26.5. The van der Waals surface area contributed by atoms with Crippen LogP contribution in [0.15, 0.2) is 30.3 Å². The lowest BCUT2D eigenvalue weighted by molar-refractivity contribution is -0.127. The summed E-state index contributed by atoms with van der Waals surface area (Å²) in [4.78, 5) is 17.0. The van der Waals surface area contributed by atoms with E-state index in [-0.39, 0.29) is 18.1 Å². The number of carbonyl (C=O) groups is 1. The number of amides is 1. The van der Waals surface area contributed by atoms with Crippen LogP contribution < -0.4 is 5.32 Å². The lowest BCUT2D eigenvalue weighted by Gasteiger charge is -2.36. The minimum atomic E-state index is 0.155. The van der Waals surface area contributed by atoms with Crippen LogP contribution in [-0.4, -0.2) is 66.7 Å². The fraction of sp³-hybridized carbons (Fsp3) is 0.650. The third-order valence-electron chi connectivity index (χ3n) is 5.06. The number of nitrogens with zero attached hydrogens (tertiary/aromatic N) is 2. The van der Waals surface area contributed by atoms with Crippen molar-refractivity contribution in [3.05, 3.63) is 35.9 Å². The minimum Gasteiger partial charge on any atom is -0.373 e. The lowest BCUT2D eigenvalue weighted by atomic mass is 10.0. The molecular formula is C20H31N3O2. The molecule has 0 radical (unpaired) electrons. The fourth-order valence-corrected chi connectivity index (χ4v) is 3.97. The maximum Gasteiger partial charge on any atom is 0.234 e. The van der Waals surface area contributed by atoms with Crippen LogP contribution in [-0.2, 0) is 16.1 Å². The van der Waals surface area contributed by atoms with Gasteiger partial charge in [0.25, 0.3) is 0 Å². The van der Waals surface area contributed by atoms with Gasteiger partial charge in [0.05, 0.1) is 18.8 Å². The molecule has 1 N–H and O–H groups in total. The molecule has 5 nitrogen and oxygen atoms in total. The molecule has 2 saturated heterocycles. The van der Waals surface area contributed by atoms with E-state index in [2.05, 4.69) is 59.3 Å². The van der Waals surface area contributed by atoms with E-state index < -0.39 is 0 Å². The van der Waals surface area contributed by atoms with E-state index in [9.17, 15) is 4.79 Å². The number of likely N-dealkylation sites (tertiary alicyclic amines) is 1. The molecule has 2 fully saturated rings. The maximum absolute atomic E-state index is 12.4. The van der Waals surface area contributed by atoms with E-state index in [1.54, 1.807) is 0 Å². The molecule has 0 bridgehead atoms. The topological polar surface area (TPSA) is 44.8 Å². The van der Waals surface area contributed by atoms with E-state index in [0.717, 1.165) is 45.6 Å². The Kier molecular flexibility index (Phi) is 6.45. The molecule has 1 aromatic rings. The largest absolute Gasteiger partial charge is 0.373 e. The second-order valence-corrected chi connectivity index (χ2v) is 7.55. The van der Waals surface area contributed by atoms with Crippen LogP contribution in [0.25, 0.3) is 0 Å². The third-order valence-corrected chi connectivity index (χ3v) is 5.06. The molecule has 0 saturated carbocycles. The minimum absolute atomic E-state index is 0.155. The van der Waals surface area contributed by atoms with Crippen LogP contribution in [0, 0.1) is 0 Å². The van der Waals surface area contributed by atoms with Gasteiger partial charge in [-0.1, -0.05) is 30.3 Å². The zero-order valence-electron chi connectivity index (χ0n) is 15.5. The fourth-order valence-electron chi connectivity index (χ4n) is 3.97. The standard InChI is InChI=1S/C20H31N3O2/c1-16-12-23(13-17(2)25-16)15-20(24)21-19-8-10-22(11-9-19)14-18-6-4-3-5-7-18/h3-7,16-17,19H,8-15H2,1-2H3,(H,21,24)/t16-,17-/m1/s1. The molecule has 25 heavy (non-hydrogen) atoms. The van der Waals surface area contributed by atoms with Gasteiger partial charge in [-0.05, 0) is 32.3 Å². The highest BCUT2D eigenvalue weighted by Gasteiger charge is 2.25. The van der Waals surface area contributed by atoms with Gasteiger partial charge in [-0.15, -0.1) is 0 Å². The van der Waals surface area contributed by atoms with Crippen molar-refractivity contribution < 1.29 is 9.53 Å². The highest BCUT2D eigenvalue weighted by molar-refractivity contribution is 5.78. The van der Waals surface area contributed by atoms with E-state index in [4.69, 9.17) is 4.74 Å². The zero-order chi connectivity index (χ0) is 17.6. The highest BCUT2D eigenvalue weighted by Crippen LogP contribution is 2.14. The van der Waals surface area contributed by atoms with Gasteiger partial charge in [-0.2, -0.15) is 0 Å². The molecule has 0 aromatic heterocycles. The molecule has 2 aliphatic heterocycles. The number of ether oxygens (including phenoxy) is 1. The van der Waals surface area contributed by atoms with E-state index in [1.165, 1.54) is 5.56 Å². The Morgan fingerprint density at radius 3 is 2.36 bits per heavy atom. The summed E-state index contributed by atoms with van der Waals surface area (Å²) in [7, 11) is 0. The quantitative estimate of drug-likeness (QED) is 0.885. The van der Waals surface area contributed by atoms with E-state index in [0.29, 0.717) is 12.6 Å². The predicted octanol–water partition coefficient (Wildman–Crippen LogP) is 1.88. The van der Waals surface area contributed by atoms with Crippen LogP contribution in [0.2, 0.25) is 0 Å². The first-order valence-electron chi connectivity index (χ1n) is 9.52. The van der Waals surface area contributed by atoms with Gasteiger partial charge < -0.3 is 10.1 Å². The molecule has 5 heteroatoms. The summed E-state index contributed by atoms with van der Waals surface area (Å²) in [5.41, 5.74) is 1.36. The van der Waals surface area contributed by atoms with Gasteiger partial charge in [-0.25, -0.2) is 0 Å². The number of piperidine rings is 1. The summed E-state index contributed by atoms with van der Waals surface area (Å²) in [5.74, 6) is 0.155. The zero-order valence-corrected chi connectivity index (χ0v) is 15.5. The Bertz CT molecular complexity index is 533. The van der Waals surface area contributed by atoms with Crippen molar-refractivity contribution in [3.63, 3.8) is 0 Å². The molecule has 2 atom stereocenters. The van der Waals surface area contributed by atoms with Crippen molar-refractivity contribution in [3.8, 4) is 0 Å². The molecule has 1 amide bonds. The number of morpholine rings is 1. The van der Waals surface area contributed by atoms with Crippen LogP contribution in [0.1, 0.15) is 32.3 Å². The second-order valence-electron chi connectivity index (χ2n) is 7.55. The van der Waals surface area contributed by atoms with Crippen molar-refractivity contribution in [1.29, 1.82) is 0 Å². The summed E-state index contributed by atoms with van der Waals surface area (Å²) in [6.07, 6.45) is 2.48. The number of rotatable bonds is 5. The van der Waals surface area contributed by atoms with Crippen LogP contribution in [0.3, 0.4) is 0 Å². The summed E-state index contributed by atoms with van der Waals surface area (Å²) in [6.45, 7) is 9.41. The number of hydrogen-bond donors (Lipinski definition) is 1. The second kappa shape index (κ2) is 8.79. The third kappa shape index (κ3) is 5.80. The first-order valence-corrected chi connectivity index (χ1v) is 9.52. The maximum atomic E-state index is 12.4. The Hall–Kier alpha value is -1.43. The van der Waals surface area contributed by atoms with Crippen LogP contribution in [0.5, 0.6) is 0 Å². The highest BCUT2D eigenvalue weighted by atomic mass is 16.5. The van der Waals surface area contributed by atoms with E-state index in [1.807, 2.05) is 0 Å². The molecule has 3 rings (SSSR count). The number of hydrogen-bond acceptors (Lipinski definition) is 4. The average Bonchev–Trinajstić information content (AvgIpc) is 2.56. The lowest BCUT2D eigenvalue weighted by Crippen LogP contribution is -2.51. The SMILES string of the molecule is C[C@@H]1CN(CC(=O)NC2CCN(Cc3ccccc3)CC2)C[C@@H](C)O1. The summed E-state index contributed by atoms with van der Waals surface area (Å²) in [6, 6.07) is 10.9. The van der Waals surface area contributed by atoms with Gasteiger partial charge in [0.1, 0.15) is 0 Å². The van der Waals surface area contributed by atoms with Crippen molar-refractivity contribution in [2.24, 2.45) is 0 Å². The molecule has 2 aliphatic rings. The van der Waals surface area contributed by atoms with Crippen molar-refractivity contribution in [2.45, 2.75) is 51.5 Å². The van der Waals surface area contributed by atoms with Gasteiger partial charge in [0.15, 0.2) is 0 Å². The van der Waals surface area contributed by atoms with Gasteiger partial charge >= 0.3 is 0 Å². The molecule has 138 valence electrons. The van der Waals surface area contributed by atoms with Crippen molar-refractivity contribution in [1.82, 2.24) is 15.1 Å². The summed E-state index contributed by atoms with van der Waals surface area (Å²) >= 11 is 0. The summed E-state index contributed by atoms with van der Waals surface area (Å²) in [5, 5.41) is 3.23. The van der Waals surface area contributed by atoms with Crippen LogP contribution in [0.4, 0.5) is 0 Å². The Morgan fingerprint density at radius 2 is 1.72 bits per heavy atom. The molecule has 0 unspecified atom stereocenters.